The molecule has 64 valence electrons. The lowest BCUT2D eigenvalue weighted by atomic mass is 9.83. The zero-order valence-electron chi connectivity index (χ0n) is 6.81. The first-order valence-corrected chi connectivity index (χ1v) is 4.35. The van der Waals surface area contributed by atoms with Crippen LogP contribution in [0.2, 0.25) is 0 Å². The van der Waals surface area contributed by atoms with Crippen LogP contribution in [0.3, 0.4) is 0 Å². The molecule has 0 spiro atoms. The van der Waals surface area contributed by atoms with Gasteiger partial charge in [0.15, 0.2) is 0 Å². The molecule has 0 N–H and O–H groups in total. The Morgan fingerprint density at radius 2 is 1.73 bits per heavy atom. The van der Waals surface area contributed by atoms with Crippen molar-refractivity contribution in [2.75, 3.05) is 6.67 Å². The van der Waals surface area contributed by atoms with Gasteiger partial charge in [0.05, 0.1) is 5.41 Å². The van der Waals surface area contributed by atoms with Crippen molar-refractivity contribution in [3.05, 3.63) is 0 Å². The van der Waals surface area contributed by atoms with E-state index < -0.39 is 12.1 Å². The van der Waals surface area contributed by atoms with Crippen LogP contribution < -0.4 is 0 Å². The van der Waals surface area contributed by atoms with Crippen molar-refractivity contribution < 1.29 is 9.18 Å². The molecule has 1 aliphatic carbocycles. The number of alkyl halides is 1. The van der Waals surface area contributed by atoms with Crippen LogP contribution in [0, 0.1) is 5.41 Å². The van der Waals surface area contributed by atoms with Crippen LogP contribution >= 0.6 is 0 Å². The van der Waals surface area contributed by atoms with E-state index in [1.807, 2.05) is 0 Å². The summed E-state index contributed by atoms with van der Waals surface area (Å²) in [4.78, 5) is 10.6. The summed E-state index contributed by atoms with van der Waals surface area (Å²) in [6, 6.07) is 0. The largest absolute Gasteiger partial charge is 0.303 e. The zero-order chi connectivity index (χ0) is 8.16. The van der Waals surface area contributed by atoms with Crippen LogP contribution in [0.5, 0.6) is 0 Å². The van der Waals surface area contributed by atoms with E-state index in [0.29, 0.717) is 0 Å². The molecule has 0 aromatic rings. The Morgan fingerprint density at radius 1 is 1.18 bits per heavy atom. The van der Waals surface area contributed by atoms with E-state index in [1.54, 1.807) is 0 Å². The quantitative estimate of drug-likeness (QED) is 0.445. The third kappa shape index (κ3) is 2.01. The van der Waals surface area contributed by atoms with Crippen LogP contribution in [0.25, 0.3) is 0 Å². The molecule has 0 radical (unpaired) electrons. The maximum atomic E-state index is 12.5. The number of halogens is 1. The maximum absolute atomic E-state index is 12.5. The monoisotopic (exact) mass is 158 g/mol. The summed E-state index contributed by atoms with van der Waals surface area (Å²) in [6.07, 6.45) is 6.70. The average molecular weight is 158 g/mol. The predicted molar refractivity (Wildman–Crippen MR) is 42.2 cm³/mol. The first-order chi connectivity index (χ1) is 5.33. The summed E-state index contributed by atoms with van der Waals surface area (Å²) < 4.78 is 12.5. The molecule has 1 fully saturated rings. The van der Waals surface area contributed by atoms with Gasteiger partial charge in [0.25, 0.3) is 0 Å². The molecule has 0 bridgehead atoms. The normalized spacial score (nSPS) is 24.1. The highest BCUT2D eigenvalue weighted by Gasteiger charge is 2.30. The summed E-state index contributed by atoms with van der Waals surface area (Å²) in [5.74, 6) is 0. The summed E-state index contributed by atoms with van der Waals surface area (Å²) in [7, 11) is 0. The fourth-order valence-electron chi connectivity index (χ4n) is 1.72. The molecule has 0 aromatic heterocycles. The van der Waals surface area contributed by atoms with Gasteiger partial charge in [0.2, 0.25) is 0 Å². The Bertz CT molecular complexity index is 126. The Labute approximate surface area is 67.0 Å². The highest BCUT2D eigenvalue weighted by molar-refractivity contribution is 5.59. The van der Waals surface area contributed by atoms with Gasteiger partial charge >= 0.3 is 0 Å². The van der Waals surface area contributed by atoms with Crippen molar-refractivity contribution in [1.82, 2.24) is 0 Å². The number of carbonyl (C=O) groups excluding carboxylic acids is 1. The first-order valence-electron chi connectivity index (χ1n) is 4.35. The average Bonchev–Trinajstić information content (AvgIpc) is 2.30. The minimum Gasteiger partial charge on any atom is -0.303 e. The second kappa shape index (κ2) is 3.84. The van der Waals surface area contributed by atoms with Gasteiger partial charge in [-0.1, -0.05) is 25.7 Å². The summed E-state index contributed by atoms with van der Waals surface area (Å²) in [5.41, 5.74) is -0.601. The summed E-state index contributed by atoms with van der Waals surface area (Å²) >= 11 is 0. The van der Waals surface area contributed by atoms with E-state index in [1.165, 1.54) is 0 Å². The molecule has 1 rings (SSSR count). The lowest BCUT2D eigenvalue weighted by Crippen LogP contribution is -2.24. The summed E-state index contributed by atoms with van der Waals surface area (Å²) in [5, 5.41) is 0. The van der Waals surface area contributed by atoms with Gasteiger partial charge in [-0.05, 0) is 12.8 Å². The van der Waals surface area contributed by atoms with E-state index >= 15 is 0 Å². The second-order valence-corrected chi connectivity index (χ2v) is 3.53. The molecule has 0 atom stereocenters. The number of aldehydes is 1. The van der Waals surface area contributed by atoms with Gasteiger partial charge in [0.1, 0.15) is 13.0 Å². The molecule has 11 heavy (non-hydrogen) atoms. The fourth-order valence-corrected chi connectivity index (χ4v) is 1.72. The van der Waals surface area contributed by atoms with Gasteiger partial charge in [-0.2, -0.15) is 0 Å². The lowest BCUT2D eigenvalue weighted by molar-refractivity contribution is -0.117. The molecule has 0 saturated heterocycles. The van der Waals surface area contributed by atoms with Gasteiger partial charge in [-0.25, -0.2) is 0 Å². The predicted octanol–water partition coefficient (Wildman–Crippen LogP) is 2.50. The van der Waals surface area contributed by atoms with Gasteiger partial charge < -0.3 is 4.79 Å². The molecule has 2 heteroatoms. The van der Waals surface area contributed by atoms with Crippen LogP contribution in [0.15, 0.2) is 0 Å². The first kappa shape index (κ1) is 8.69. The topological polar surface area (TPSA) is 17.1 Å². The Morgan fingerprint density at radius 3 is 2.09 bits per heavy atom. The molecular weight excluding hydrogens is 143 g/mol. The number of hydrogen-bond acceptors (Lipinski definition) is 1. The van der Waals surface area contributed by atoms with Gasteiger partial charge in [-0.3, -0.25) is 4.39 Å². The molecule has 0 aromatic carbocycles. The molecule has 0 amide bonds. The minimum absolute atomic E-state index is 0.462. The molecule has 1 nitrogen and oxygen atoms in total. The van der Waals surface area contributed by atoms with E-state index in [0.717, 1.165) is 44.8 Å². The zero-order valence-corrected chi connectivity index (χ0v) is 6.81. The molecule has 0 aliphatic heterocycles. The van der Waals surface area contributed by atoms with E-state index in [2.05, 4.69) is 0 Å². The van der Waals surface area contributed by atoms with Crippen LogP contribution in [-0.2, 0) is 4.79 Å². The van der Waals surface area contributed by atoms with Crippen LogP contribution in [0.4, 0.5) is 4.39 Å². The minimum atomic E-state index is -0.601. The van der Waals surface area contributed by atoms with Crippen molar-refractivity contribution in [2.24, 2.45) is 5.41 Å². The van der Waals surface area contributed by atoms with Gasteiger partial charge in [0, 0.05) is 0 Å². The second-order valence-electron chi connectivity index (χ2n) is 3.53. The molecule has 0 heterocycles. The Kier molecular flexibility index (Phi) is 3.03. The highest BCUT2D eigenvalue weighted by Crippen LogP contribution is 2.33. The van der Waals surface area contributed by atoms with Crippen LogP contribution in [-0.4, -0.2) is 13.0 Å². The maximum Gasteiger partial charge on any atom is 0.128 e. The Hall–Kier alpha value is -0.400. The molecular formula is C9H15FO. The van der Waals surface area contributed by atoms with Crippen molar-refractivity contribution in [2.45, 2.75) is 38.5 Å². The van der Waals surface area contributed by atoms with Gasteiger partial charge in [-0.15, -0.1) is 0 Å². The number of carbonyl (C=O) groups is 1. The highest BCUT2D eigenvalue weighted by atomic mass is 19.1. The van der Waals surface area contributed by atoms with Crippen molar-refractivity contribution in [1.29, 1.82) is 0 Å². The van der Waals surface area contributed by atoms with Crippen molar-refractivity contribution in [3.8, 4) is 0 Å². The molecule has 1 aliphatic rings. The number of hydrogen-bond donors (Lipinski definition) is 0. The van der Waals surface area contributed by atoms with Crippen molar-refractivity contribution in [3.63, 3.8) is 0 Å². The SMILES string of the molecule is O=CC1(CF)CCCCCC1. The van der Waals surface area contributed by atoms with E-state index in [4.69, 9.17) is 0 Å². The molecule has 0 unspecified atom stereocenters. The van der Waals surface area contributed by atoms with E-state index in [9.17, 15) is 9.18 Å². The lowest BCUT2D eigenvalue weighted by Gasteiger charge is -2.21. The van der Waals surface area contributed by atoms with Crippen molar-refractivity contribution >= 4 is 6.29 Å². The smallest absolute Gasteiger partial charge is 0.128 e. The third-order valence-electron chi connectivity index (χ3n) is 2.62. The third-order valence-corrected chi connectivity index (χ3v) is 2.62. The molecule has 1 saturated carbocycles. The van der Waals surface area contributed by atoms with E-state index in [-0.39, 0.29) is 0 Å². The number of rotatable bonds is 2. The standard InChI is InChI=1S/C9H15FO/c10-7-9(8-11)5-3-1-2-4-6-9/h8H,1-7H2. The fraction of sp³-hybridized carbons (Fsp3) is 0.889. The summed E-state index contributed by atoms with van der Waals surface area (Å²) in [6.45, 7) is -0.462. The Balaban J connectivity index is 2.55. The van der Waals surface area contributed by atoms with Crippen LogP contribution in [0.1, 0.15) is 38.5 Å².